The van der Waals surface area contributed by atoms with Crippen LogP contribution in [0.15, 0.2) is 55.1 Å². The minimum atomic E-state index is 0. The Morgan fingerprint density at radius 1 is 0.696 bits per heavy atom. The van der Waals surface area contributed by atoms with Gasteiger partial charge in [0, 0.05) is 33.2 Å². The first kappa shape index (κ1) is 26.3. The van der Waals surface area contributed by atoms with Crippen molar-refractivity contribution in [3.05, 3.63) is 60.7 Å². The van der Waals surface area contributed by atoms with Crippen LogP contribution in [-0.2, 0) is 6.42 Å². The van der Waals surface area contributed by atoms with E-state index in [4.69, 9.17) is 0 Å². The second kappa shape index (κ2) is 22.6. The lowest BCUT2D eigenvalue weighted by molar-refractivity contribution is 0.772. The van der Waals surface area contributed by atoms with Crippen molar-refractivity contribution in [2.45, 2.75) is 66.7 Å². The first-order valence-corrected chi connectivity index (χ1v) is 8.09. The zero-order valence-corrected chi connectivity index (χ0v) is 14.4. The third kappa shape index (κ3) is 20.4. The molecule has 0 fully saturated rings. The minimum absolute atomic E-state index is 0. The van der Waals surface area contributed by atoms with E-state index in [1.165, 1.54) is 44.1 Å². The molecule has 23 heavy (non-hydrogen) atoms. The van der Waals surface area contributed by atoms with E-state index in [1.54, 1.807) is 12.4 Å². The molecule has 2 rings (SSSR count). The number of aryl methyl sites for hydroxylation is 1. The van der Waals surface area contributed by atoms with Crippen LogP contribution in [0.25, 0.3) is 0 Å². The molecule has 0 amide bonds. The van der Waals surface area contributed by atoms with E-state index in [0.717, 1.165) is 0 Å². The molecule has 0 N–H and O–H groups in total. The van der Waals surface area contributed by atoms with Crippen molar-refractivity contribution in [3.63, 3.8) is 0 Å². The Balaban J connectivity index is -0.000000269. The summed E-state index contributed by atoms with van der Waals surface area (Å²) in [7, 11) is 0. The molecular formula is C20H34BN2. The smallest absolute Gasteiger partial charge is 0.0270 e. The fraction of sp³-hybridized carbons (Fsp3) is 0.500. The Labute approximate surface area is 146 Å². The first-order chi connectivity index (χ1) is 10.3. The van der Waals surface area contributed by atoms with Crippen LogP contribution in [0.3, 0.4) is 0 Å². The van der Waals surface area contributed by atoms with E-state index in [2.05, 4.69) is 42.9 Å². The topological polar surface area (TPSA) is 25.8 Å². The molecular weight excluding hydrogens is 279 g/mol. The van der Waals surface area contributed by atoms with Crippen molar-refractivity contribution in [2.75, 3.05) is 0 Å². The Bertz CT molecular complexity index is 364. The van der Waals surface area contributed by atoms with E-state index in [1.807, 2.05) is 30.6 Å². The quantitative estimate of drug-likeness (QED) is 0.637. The van der Waals surface area contributed by atoms with Crippen LogP contribution in [0.5, 0.6) is 0 Å². The molecule has 0 aliphatic heterocycles. The van der Waals surface area contributed by atoms with E-state index in [9.17, 15) is 0 Å². The van der Waals surface area contributed by atoms with Crippen LogP contribution in [-0.4, -0.2) is 18.4 Å². The van der Waals surface area contributed by atoms with Gasteiger partial charge in [-0.3, -0.25) is 9.97 Å². The van der Waals surface area contributed by atoms with Crippen molar-refractivity contribution < 1.29 is 0 Å². The van der Waals surface area contributed by atoms with Crippen molar-refractivity contribution in [2.24, 2.45) is 0 Å². The van der Waals surface area contributed by atoms with Crippen LogP contribution >= 0.6 is 0 Å². The number of aromatic nitrogens is 2. The van der Waals surface area contributed by atoms with Crippen molar-refractivity contribution in [3.8, 4) is 0 Å². The SMILES string of the molecule is C.CCCCC.CCCCc1ccncc1.[B].c1ccncc1. The van der Waals surface area contributed by atoms with Crippen LogP contribution in [0.1, 0.15) is 65.9 Å². The number of hydrogen-bond donors (Lipinski definition) is 0. The van der Waals surface area contributed by atoms with Crippen molar-refractivity contribution in [1.29, 1.82) is 0 Å². The molecule has 2 nitrogen and oxygen atoms in total. The van der Waals surface area contributed by atoms with Crippen LogP contribution in [0.4, 0.5) is 0 Å². The van der Waals surface area contributed by atoms with Crippen LogP contribution < -0.4 is 0 Å². The molecule has 0 unspecified atom stereocenters. The van der Waals surface area contributed by atoms with E-state index >= 15 is 0 Å². The minimum Gasteiger partial charge on any atom is -0.265 e. The maximum atomic E-state index is 3.95. The van der Waals surface area contributed by atoms with Gasteiger partial charge in [0.2, 0.25) is 0 Å². The van der Waals surface area contributed by atoms with Gasteiger partial charge in [-0.05, 0) is 42.7 Å². The maximum Gasteiger partial charge on any atom is 0.0270 e. The lowest BCUT2D eigenvalue weighted by atomic mass is 10.1. The average Bonchev–Trinajstić information content (AvgIpc) is 2.57. The second-order valence-electron chi connectivity index (χ2n) is 4.84. The summed E-state index contributed by atoms with van der Waals surface area (Å²) in [5.74, 6) is 0. The zero-order valence-electron chi connectivity index (χ0n) is 14.4. The fourth-order valence-corrected chi connectivity index (χ4v) is 1.60. The summed E-state index contributed by atoms with van der Waals surface area (Å²) in [4.78, 5) is 7.74. The molecule has 0 saturated carbocycles. The van der Waals surface area contributed by atoms with Crippen molar-refractivity contribution >= 4 is 8.41 Å². The summed E-state index contributed by atoms with van der Waals surface area (Å²) in [6.07, 6.45) is 15.0. The van der Waals surface area contributed by atoms with Crippen LogP contribution in [0.2, 0.25) is 0 Å². The maximum absolute atomic E-state index is 3.95. The van der Waals surface area contributed by atoms with Gasteiger partial charge in [0.25, 0.3) is 0 Å². The van der Waals surface area contributed by atoms with E-state index < -0.39 is 0 Å². The van der Waals surface area contributed by atoms with Gasteiger partial charge in [0.15, 0.2) is 0 Å². The molecule has 3 heteroatoms. The van der Waals surface area contributed by atoms with Gasteiger partial charge in [-0.2, -0.15) is 0 Å². The second-order valence-corrected chi connectivity index (χ2v) is 4.84. The van der Waals surface area contributed by atoms with Gasteiger partial charge in [-0.25, -0.2) is 0 Å². The summed E-state index contributed by atoms with van der Waals surface area (Å²) in [5, 5.41) is 0. The Morgan fingerprint density at radius 3 is 1.48 bits per heavy atom. The Morgan fingerprint density at radius 2 is 1.17 bits per heavy atom. The molecule has 127 valence electrons. The molecule has 0 saturated heterocycles. The molecule has 0 atom stereocenters. The fourth-order valence-electron chi connectivity index (χ4n) is 1.60. The summed E-state index contributed by atoms with van der Waals surface area (Å²) in [6, 6.07) is 9.87. The van der Waals surface area contributed by atoms with Gasteiger partial charge in [-0.15, -0.1) is 0 Å². The average molecular weight is 313 g/mol. The lowest BCUT2D eigenvalue weighted by Gasteiger charge is -1.95. The number of unbranched alkanes of at least 4 members (excludes halogenated alkanes) is 3. The van der Waals surface area contributed by atoms with Gasteiger partial charge in [0.1, 0.15) is 0 Å². The summed E-state index contributed by atoms with van der Waals surface area (Å²) in [6.45, 7) is 6.63. The van der Waals surface area contributed by atoms with Gasteiger partial charge >= 0.3 is 0 Å². The third-order valence-corrected chi connectivity index (χ3v) is 2.84. The summed E-state index contributed by atoms with van der Waals surface area (Å²) >= 11 is 0. The molecule has 2 aromatic heterocycles. The Hall–Kier alpha value is -1.64. The molecule has 0 bridgehead atoms. The predicted molar refractivity (Wildman–Crippen MR) is 105 cm³/mol. The van der Waals surface area contributed by atoms with Gasteiger partial charge in [-0.1, -0.05) is 59.9 Å². The molecule has 2 heterocycles. The normalized spacial score (nSPS) is 8.13. The molecule has 2 aromatic rings. The summed E-state index contributed by atoms with van der Waals surface area (Å²) in [5.41, 5.74) is 1.40. The number of pyridine rings is 2. The summed E-state index contributed by atoms with van der Waals surface area (Å²) < 4.78 is 0. The highest BCUT2D eigenvalue weighted by Gasteiger charge is 1.88. The number of hydrogen-bond acceptors (Lipinski definition) is 2. The number of rotatable bonds is 5. The monoisotopic (exact) mass is 313 g/mol. The van der Waals surface area contributed by atoms with Gasteiger partial charge in [0.05, 0.1) is 0 Å². The van der Waals surface area contributed by atoms with E-state index in [0.29, 0.717) is 0 Å². The largest absolute Gasteiger partial charge is 0.265 e. The van der Waals surface area contributed by atoms with Crippen molar-refractivity contribution in [1.82, 2.24) is 9.97 Å². The molecule has 0 spiro atoms. The standard InChI is InChI=1S/C9H13N.C5H5N.C5H12.CH4.B/c1-2-3-4-9-5-7-10-8-6-9;1-2-4-6-5-3-1;1-3-5-4-2;;/h5-8H,2-4H2,1H3;1-5H;3-5H2,1-2H3;1H4;. The highest BCUT2D eigenvalue weighted by Crippen LogP contribution is 2.01. The highest BCUT2D eigenvalue weighted by molar-refractivity contribution is 5.75. The molecule has 3 radical (unpaired) electrons. The molecule has 0 aromatic carbocycles. The zero-order chi connectivity index (χ0) is 15.6. The first-order valence-electron chi connectivity index (χ1n) is 8.09. The third-order valence-electron chi connectivity index (χ3n) is 2.84. The predicted octanol–water partition coefficient (Wildman–Crippen LogP) is 5.96. The lowest BCUT2D eigenvalue weighted by Crippen LogP contribution is -1.83. The van der Waals surface area contributed by atoms with Gasteiger partial charge < -0.3 is 0 Å². The molecule has 0 aliphatic rings. The molecule has 0 aliphatic carbocycles. The Kier molecular flexibility index (Phi) is 25.9. The van der Waals surface area contributed by atoms with E-state index in [-0.39, 0.29) is 15.8 Å². The number of nitrogens with zero attached hydrogens (tertiary/aromatic N) is 2. The van der Waals surface area contributed by atoms with Crippen LogP contribution in [0, 0.1) is 0 Å². The highest BCUT2D eigenvalue weighted by atomic mass is 14.6.